The van der Waals surface area contributed by atoms with Crippen molar-refractivity contribution in [3.63, 3.8) is 0 Å². The minimum absolute atomic E-state index is 0.0513. The van der Waals surface area contributed by atoms with Gasteiger partial charge in [0, 0.05) is 11.4 Å². The Hall–Kier alpha value is -2.13. The molecule has 0 spiro atoms. The lowest BCUT2D eigenvalue weighted by Gasteiger charge is -2.06. The van der Waals surface area contributed by atoms with Crippen molar-refractivity contribution in [1.82, 2.24) is 4.98 Å². The zero-order valence-corrected chi connectivity index (χ0v) is 11.8. The summed E-state index contributed by atoms with van der Waals surface area (Å²) >= 11 is 0.593. The van der Waals surface area contributed by atoms with Crippen molar-refractivity contribution in [2.45, 2.75) is 11.1 Å². The van der Waals surface area contributed by atoms with Gasteiger partial charge in [0.1, 0.15) is 0 Å². The van der Waals surface area contributed by atoms with Crippen LogP contribution in [0.15, 0.2) is 33.3 Å². The van der Waals surface area contributed by atoms with Gasteiger partial charge in [0.15, 0.2) is 4.21 Å². The first-order valence-electron chi connectivity index (χ1n) is 5.35. The Labute approximate surface area is 118 Å². The van der Waals surface area contributed by atoms with Crippen LogP contribution in [0.1, 0.15) is 16.1 Å². The van der Waals surface area contributed by atoms with Gasteiger partial charge >= 0.3 is 10.8 Å². The van der Waals surface area contributed by atoms with E-state index in [2.05, 4.69) is 9.71 Å². The molecule has 1 heterocycles. The second-order valence-electron chi connectivity index (χ2n) is 3.91. The number of aromatic nitrogens is 1. The topological polar surface area (TPSA) is 116 Å². The number of sulfonamides is 1. The highest BCUT2D eigenvalue weighted by Crippen LogP contribution is 2.20. The highest BCUT2D eigenvalue weighted by molar-refractivity contribution is 7.94. The first-order valence-corrected chi connectivity index (χ1v) is 7.65. The Bertz CT molecular complexity index is 802. The van der Waals surface area contributed by atoms with E-state index in [4.69, 9.17) is 5.11 Å². The molecule has 0 bridgehead atoms. The standard InChI is InChI=1S/C11H10N2O5S2/c1-6-10(19-11(16)12-6)20(17,18)13-8-4-2-7(3-5-8)9(14)15/h2-5,13H,1H3,(H,12,16)(H,14,15). The maximum absolute atomic E-state index is 12.1. The molecule has 20 heavy (non-hydrogen) atoms. The number of thiazole rings is 1. The molecule has 0 saturated heterocycles. The van der Waals surface area contributed by atoms with E-state index in [1.165, 1.54) is 31.2 Å². The molecule has 2 aromatic rings. The molecule has 7 nitrogen and oxygen atoms in total. The van der Waals surface area contributed by atoms with E-state index < -0.39 is 20.9 Å². The predicted octanol–water partition coefficient (Wildman–Crippen LogP) is 1.24. The molecule has 3 N–H and O–H groups in total. The minimum Gasteiger partial charge on any atom is -0.478 e. The summed E-state index contributed by atoms with van der Waals surface area (Å²) in [7, 11) is -3.87. The molecule has 0 aliphatic heterocycles. The van der Waals surface area contributed by atoms with E-state index in [-0.39, 0.29) is 21.2 Å². The number of hydrogen-bond acceptors (Lipinski definition) is 5. The van der Waals surface area contributed by atoms with Gasteiger partial charge in [0.05, 0.1) is 5.56 Å². The van der Waals surface area contributed by atoms with E-state index in [0.717, 1.165) is 0 Å². The van der Waals surface area contributed by atoms with Crippen LogP contribution in [0.3, 0.4) is 0 Å². The fourth-order valence-corrected chi connectivity index (χ4v) is 3.89. The minimum atomic E-state index is -3.87. The molecule has 106 valence electrons. The third-order valence-electron chi connectivity index (χ3n) is 2.41. The van der Waals surface area contributed by atoms with Crippen molar-refractivity contribution in [3.05, 3.63) is 45.2 Å². The molecule has 0 amide bonds. The van der Waals surface area contributed by atoms with E-state index in [9.17, 15) is 18.0 Å². The van der Waals surface area contributed by atoms with Gasteiger partial charge in [-0.25, -0.2) is 13.2 Å². The Morgan fingerprint density at radius 1 is 1.30 bits per heavy atom. The molecule has 0 radical (unpaired) electrons. The summed E-state index contributed by atoms with van der Waals surface area (Å²) in [4.78, 5) is 23.8. The second kappa shape index (κ2) is 5.10. The third-order valence-corrected chi connectivity index (χ3v) is 5.40. The molecular formula is C11H10N2O5S2. The lowest BCUT2D eigenvalue weighted by atomic mass is 10.2. The second-order valence-corrected chi connectivity index (χ2v) is 6.78. The number of carboxylic acids is 1. The number of hydrogen-bond donors (Lipinski definition) is 3. The number of aromatic carboxylic acids is 1. The van der Waals surface area contributed by atoms with E-state index in [1.807, 2.05) is 0 Å². The Morgan fingerprint density at radius 3 is 2.35 bits per heavy atom. The Balaban J connectivity index is 2.31. The van der Waals surface area contributed by atoms with Gasteiger partial charge in [0.2, 0.25) is 0 Å². The van der Waals surface area contributed by atoms with Gasteiger partial charge in [-0.2, -0.15) is 0 Å². The van der Waals surface area contributed by atoms with E-state index in [1.54, 1.807) is 0 Å². The van der Waals surface area contributed by atoms with Crippen LogP contribution in [0.25, 0.3) is 0 Å². The zero-order chi connectivity index (χ0) is 14.9. The molecule has 1 aromatic carbocycles. The lowest BCUT2D eigenvalue weighted by molar-refractivity contribution is 0.0697. The van der Waals surface area contributed by atoms with Crippen molar-refractivity contribution in [2.75, 3.05) is 4.72 Å². The normalized spacial score (nSPS) is 11.2. The van der Waals surface area contributed by atoms with Crippen LogP contribution < -0.4 is 9.60 Å². The number of rotatable bonds is 4. The first-order chi connectivity index (χ1) is 9.29. The summed E-state index contributed by atoms with van der Waals surface area (Å²) in [5.41, 5.74) is 0.528. The van der Waals surface area contributed by atoms with Crippen molar-refractivity contribution in [1.29, 1.82) is 0 Å². The quantitative estimate of drug-likeness (QED) is 0.785. The van der Waals surface area contributed by atoms with Crippen LogP contribution in [0.5, 0.6) is 0 Å². The fourth-order valence-electron chi connectivity index (χ4n) is 1.53. The highest BCUT2D eigenvalue weighted by Gasteiger charge is 2.20. The van der Waals surface area contributed by atoms with Gasteiger partial charge in [-0.3, -0.25) is 9.52 Å². The van der Waals surface area contributed by atoms with Crippen LogP contribution >= 0.6 is 11.3 Å². The maximum Gasteiger partial charge on any atom is 0.335 e. The largest absolute Gasteiger partial charge is 0.478 e. The number of benzene rings is 1. The number of anilines is 1. The van der Waals surface area contributed by atoms with Gasteiger partial charge in [-0.15, -0.1) is 0 Å². The van der Waals surface area contributed by atoms with Crippen LogP contribution in [0.2, 0.25) is 0 Å². The van der Waals surface area contributed by atoms with Crippen LogP contribution in [-0.2, 0) is 10.0 Å². The van der Waals surface area contributed by atoms with Crippen molar-refractivity contribution >= 4 is 33.0 Å². The van der Waals surface area contributed by atoms with Crippen molar-refractivity contribution in [2.24, 2.45) is 0 Å². The molecule has 0 aliphatic rings. The monoisotopic (exact) mass is 314 g/mol. The number of aromatic amines is 1. The van der Waals surface area contributed by atoms with Crippen LogP contribution in [0.4, 0.5) is 5.69 Å². The van der Waals surface area contributed by atoms with E-state index in [0.29, 0.717) is 11.3 Å². The summed E-state index contributed by atoms with van der Waals surface area (Å²) < 4.78 is 26.4. The average Bonchev–Trinajstić information content (AvgIpc) is 2.69. The van der Waals surface area contributed by atoms with Gasteiger partial charge in [-0.1, -0.05) is 11.3 Å². The first kappa shape index (κ1) is 14.3. The lowest BCUT2D eigenvalue weighted by Crippen LogP contribution is -2.12. The average molecular weight is 314 g/mol. The molecular weight excluding hydrogens is 304 g/mol. The SMILES string of the molecule is Cc1[nH]c(=O)sc1S(=O)(=O)Nc1ccc(C(=O)O)cc1. The number of carbonyl (C=O) groups is 1. The summed E-state index contributed by atoms with van der Waals surface area (Å²) in [6, 6.07) is 5.25. The van der Waals surface area contributed by atoms with Gasteiger partial charge in [0.25, 0.3) is 10.0 Å². The maximum atomic E-state index is 12.1. The van der Waals surface area contributed by atoms with Gasteiger partial charge in [-0.05, 0) is 31.2 Å². The van der Waals surface area contributed by atoms with Crippen LogP contribution in [0, 0.1) is 6.92 Å². The number of nitrogens with one attached hydrogen (secondary N) is 2. The summed E-state index contributed by atoms with van der Waals surface area (Å²) in [6.07, 6.45) is 0. The predicted molar refractivity (Wildman–Crippen MR) is 73.9 cm³/mol. The molecule has 0 fully saturated rings. The zero-order valence-electron chi connectivity index (χ0n) is 10.2. The third kappa shape index (κ3) is 2.89. The number of carboxylic acid groups (broad SMARTS) is 1. The fraction of sp³-hybridized carbons (Fsp3) is 0.0909. The molecule has 0 unspecified atom stereocenters. The molecule has 0 aliphatic carbocycles. The molecule has 0 atom stereocenters. The molecule has 9 heteroatoms. The number of H-pyrrole nitrogens is 1. The highest BCUT2D eigenvalue weighted by atomic mass is 32.2. The van der Waals surface area contributed by atoms with Crippen LogP contribution in [-0.4, -0.2) is 24.5 Å². The summed E-state index contributed by atoms with van der Waals surface area (Å²) in [5, 5.41) is 8.75. The smallest absolute Gasteiger partial charge is 0.335 e. The van der Waals surface area contributed by atoms with Gasteiger partial charge < -0.3 is 10.1 Å². The summed E-state index contributed by atoms with van der Waals surface area (Å²) in [6.45, 7) is 1.49. The van der Waals surface area contributed by atoms with E-state index >= 15 is 0 Å². The molecule has 1 aromatic heterocycles. The van der Waals surface area contributed by atoms with Crippen molar-refractivity contribution in [3.8, 4) is 0 Å². The molecule has 2 rings (SSSR count). The number of aryl methyl sites for hydroxylation is 1. The Kier molecular flexibility index (Phi) is 3.64. The summed E-state index contributed by atoms with van der Waals surface area (Å²) in [5.74, 6) is -1.10. The van der Waals surface area contributed by atoms with Crippen molar-refractivity contribution < 1.29 is 18.3 Å². The Morgan fingerprint density at radius 2 is 1.90 bits per heavy atom. The molecule has 0 saturated carbocycles.